The first-order valence-corrected chi connectivity index (χ1v) is 6.81. The van der Waals surface area contributed by atoms with E-state index in [0.29, 0.717) is 31.1 Å². The Balaban J connectivity index is 1.85. The summed E-state index contributed by atoms with van der Waals surface area (Å²) >= 11 is 0. The maximum Gasteiger partial charge on any atom is 0.191 e. The van der Waals surface area contributed by atoms with Gasteiger partial charge in [-0.05, 0) is 30.5 Å². The van der Waals surface area contributed by atoms with E-state index in [0.717, 1.165) is 18.6 Å². The molecule has 2 aliphatic rings. The molecule has 0 aromatic heterocycles. The molecule has 0 spiro atoms. The standard InChI is InChI=1S/C15H18O4/c1-10-5-8-19-15(10)14(16)11-3-4-12-13(9-11)18-7-2-6-17-12/h3-4,9-10,15H,2,5-8H2,1H3. The molecule has 4 heteroatoms. The number of hydrogen-bond donors (Lipinski definition) is 0. The van der Waals surface area contributed by atoms with Crippen LogP contribution in [-0.4, -0.2) is 31.7 Å². The molecule has 0 aliphatic carbocycles. The van der Waals surface area contributed by atoms with Gasteiger partial charge in [0.2, 0.25) is 0 Å². The van der Waals surface area contributed by atoms with Gasteiger partial charge in [-0.2, -0.15) is 0 Å². The summed E-state index contributed by atoms with van der Waals surface area (Å²) in [5.41, 5.74) is 0.642. The van der Waals surface area contributed by atoms with Gasteiger partial charge in [0, 0.05) is 18.6 Å². The third kappa shape index (κ3) is 2.45. The number of hydrogen-bond acceptors (Lipinski definition) is 4. The molecule has 2 heterocycles. The van der Waals surface area contributed by atoms with E-state index in [-0.39, 0.29) is 17.8 Å². The van der Waals surface area contributed by atoms with Crippen LogP contribution in [0.3, 0.4) is 0 Å². The highest BCUT2D eigenvalue weighted by atomic mass is 16.5. The number of fused-ring (bicyclic) bond motifs is 1. The van der Waals surface area contributed by atoms with Crippen molar-refractivity contribution in [3.8, 4) is 11.5 Å². The molecule has 1 aromatic carbocycles. The van der Waals surface area contributed by atoms with Crippen molar-refractivity contribution < 1.29 is 19.0 Å². The molecule has 0 saturated carbocycles. The van der Waals surface area contributed by atoms with E-state index in [4.69, 9.17) is 14.2 Å². The van der Waals surface area contributed by atoms with Crippen LogP contribution in [0.15, 0.2) is 18.2 Å². The highest BCUT2D eigenvalue weighted by Gasteiger charge is 2.32. The van der Waals surface area contributed by atoms with Gasteiger partial charge in [-0.3, -0.25) is 4.79 Å². The molecule has 2 atom stereocenters. The zero-order valence-electron chi connectivity index (χ0n) is 11.1. The van der Waals surface area contributed by atoms with Crippen molar-refractivity contribution in [2.75, 3.05) is 19.8 Å². The highest BCUT2D eigenvalue weighted by Crippen LogP contribution is 2.32. The van der Waals surface area contributed by atoms with Crippen LogP contribution >= 0.6 is 0 Å². The molecular formula is C15H18O4. The van der Waals surface area contributed by atoms with Gasteiger partial charge in [0.1, 0.15) is 6.10 Å². The minimum absolute atomic E-state index is 0.0423. The molecule has 2 aliphatic heterocycles. The van der Waals surface area contributed by atoms with Gasteiger partial charge in [-0.15, -0.1) is 0 Å². The molecule has 19 heavy (non-hydrogen) atoms. The minimum atomic E-state index is -0.315. The fraction of sp³-hybridized carbons (Fsp3) is 0.533. The lowest BCUT2D eigenvalue weighted by molar-refractivity contribution is 0.0579. The summed E-state index contributed by atoms with van der Waals surface area (Å²) < 4.78 is 16.7. The SMILES string of the molecule is CC1CCOC1C(=O)c1ccc2c(c1)OCCCO2. The Labute approximate surface area is 112 Å². The van der Waals surface area contributed by atoms with E-state index in [1.54, 1.807) is 12.1 Å². The Morgan fingerprint density at radius 3 is 2.68 bits per heavy atom. The summed E-state index contributed by atoms with van der Waals surface area (Å²) in [4.78, 5) is 12.4. The maximum atomic E-state index is 12.4. The van der Waals surface area contributed by atoms with E-state index >= 15 is 0 Å². The van der Waals surface area contributed by atoms with Crippen molar-refractivity contribution in [1.82, 2.24) is 0 Å². The third-order valence-electron chi connectivity index (χ3n) is 3.68. The Kier molecular flexibility index (Phi) is 3.42. The normalized spacial score (nSPS) is 25.9. The van der Waals surface area contributed by atoms with Gasteiger partial charge in [0.25, 0.3) is 0 Å². The molecular weight excluding hydrogens is 244 g/mol. The molecule has 1 aromatic rings. The average molecular weight is 262 g/mol. The molecule has 1 fully saturated rings. The number of rotatable bonds is 2. The van der Waals surface area contributed by atoms with Crippen LogP contribution < -0.4 is 9.47 Å². The summed E-state index contributed by atoms with van der Waals surface area (Å²) in [6.07, 6.45) is 1.49. The van der Waals surface area contributed by atoms with Crippen LogP contribution in [0.4, 0.5) is 0 Å². The van der Waals surface area contributed by atoms with E-state index in [2.05, 4.69) is 6.92 Å². The average Bonchev–Trinajstić information content (AvgIpc) is 2.72. The summed E-state index contributed by atoms with van der Waals surface area (Å²) in [7, 11) is 0. The Morgan fingerprint density at radius 2 is 1.95 bits per heavy atom. The molecule has 1 saturated heterocycles. The zero-order chi connectivity index (χ0) is 13.2. The number of benzene rings is 1. The van der Waals surface area contributed by atoms with Crippen molar-refractivity contribution in [2.24, 2.45) is 5.92 Å². The highest BCUT2D eigenvalue weighted by molar-refractivity contribution is 6.00. The Bertz CT molecular complexity index is 483. The molecule has 0 bridgehead atoms. The van der Waals surface area contributed by atoms with Crippen molar-refractivity contribution in [2.45, 2.75) is 25.9 Å². The predicted molar refractivity (Wildman–Crippen MR) is 69.9 cm³/mol. The molecule has 2 unspecified atom stereocenters. The van der Waals surface area contributed by atoms with Crippen molar-refractivity contribution in [1.29, 1.82) is 0 Å². The van der Waals surface area contributed by atoms with Gasteiger partial charge < -0.3 is 14.2 Å². The van der Waals surface area contributed by atoms with Crippen molar-refractivity contribution in [3.05, 3.63) is 23.8 Å². The lowest BCUT2D eigenvalue weighted by atomic mass is 9.96. The van der Waals surface area contributed by atoms with Crippen LogP contribution in [0.2, 0.25) is 0 Å². The quantitative estimate of drug-likeness (QED) is 0.768. The van der Waals surface area contributed by atoms with Crippen molar-refractivity contribution >= 4 is 5.78 Å². The molecule has 0 amide bonds. The summed E-state index contributed by atoms with van der Waals surface area (Å²) in [5, 5.41) is 0. The summed E-state index contributed by atoms with van der Waals surface area (Å²) in [6.45, 7) is 4.00. The third-order valence-corrected chi connectivity index (χ3v) is 3.68. The Hall–Kier alpha value is -1.55. The van der Waals surface area contributed by atoms with E-state index in [1.807, 2.05) is 6.07 Å². The van der Waals surface area contributed by atoms with Crippen LogP contribution in [0.5, 0.6) is 11.5 Å². The first kappa shape index (κ1) is 12.5. The number of Topliss-reactive ketones (excluding diaryl/α,β-unsaturated/α-hetero) is 1. The zero-order valence-corrected chi connectivity index (χ0v) is 11.1. The van der Waals surface area contributed by atoms with Crippen LogP contribution in [0, 0.1) is 5.92 Å². The second-order valence-electron chi connectivity index (χ2n) is 5.13. The number of ether oxygens (including phenoxy) is 3. The molecule has 0 radical (unpaired) electrons. The molecule has 3 rings (SSSR count). The van der Waals surface area contributed by atoms with E-state index < -0.39 is 0 Å². The van der Waals surface area contributed by atoms with Crippen LogP contribution in [-0.2, 0) is 4.74 Å². The summed E-state index contributed by atoms with van der Waals surface area (Å²) in [5.74, 6) is 1.70. The first-order chi connectivity index (χ1) is 9.25. The second kappa shape index (κ2) is 5.21. The smallest absolute Gasteiger partial charge is 0.191 e. The minimum Gasteiger partial charge on any atom is -0.490 e. The number of carbonyl (C=O) groups is 1. The number of carbonyl (C=O) groups excluding carboxylic acids is 1. The van der Waals surface area contributed by atoms with E-state index in [9.17, 15) is 4.79 Å². The molecule has 4 nitrogen and oxygen atoms in total. The predicted octanol–water partition coefficient (Wildman–Crippen LogP) is 2.46. The lowest BCUT2D eigenvalue weighted by Gasteiger charge is -2.14. The first-order valence-electron chi connectivity index (χ1n) is 6.81. The van der Waals surface area contributed by atoms with Gasteiger partial charge >= 0.3 is 0 Å². The lowest BCUT2D eigenvalue weighted by Crippen LogP contribution is -2.25. The molecule has 102 valence electrons. The fourth-order valence-corrected chi connectivity index (χ4v) is 2.51. The van der Waals surface area contributed by atoms with Gasteiger partial charge in [0.05, 0.1) is 13.2 Å². The van der Waals surface area contributed by atoms with Crippen molar-refractivity contribution in [3.63, 3.8) is 0 Å². The second-order valence-corrected chi connectivity index (χ2v) is 5.13. The Morgan fingerprint density at radius 1 is 1.16 bits per heavy atom. The topological polar surface area (TPSA) is 44.8 Å². The van der Waals surface area contributed by atoms with E-state index in [1.165, 1.54) is 0 Å². The monoisotopic (exact) mass is 262 g/mol. The largest absolute Gasteiger partial charge is 0.490 e. The van der Waals surface area contributed by atoms with Gasteiger partial charge in [-0.1, -0.05) is 6.92 Å². The van der Waals surface area contributed by atoms with Gasteiger partial charge in [-0.25, -0.2) is 0 Å². The van der Waals surface area contributed by atoms with Crippen LogP contribution in [0.25, 0.3) is 0 Å². The summed E-state index contributed by atoms with van der Waals surface area (Å²) in [6, 6.07) is 5.38. The number of ketones is 1. The van der Waals surface area contributed by atoms with Crippen LogP contribution in [0.1, 0.15) is 30.1 Å². The molecule has 0 N–H and O–H groups in total. The fourth-order valence-electron chi connectivity index (χ4n) is 2.51. The maximum absolute atomic E-state index is 12.4. The van der Waals surface area contributed by atoms with Gasteiger partial charge in [0.15, 0.2) is 17.3 Å².